The molecule has 1 aliphatic rings. The minimum Gasteiger partial charge on any atom is -0.496 e. The summed E-state index contributed by atoms with van der Waals surface area (Å²) in [6, 6.07) is 10.8. The van der Waals surface area contributed by atoms with Gasteiger partial charge in [0.05, 0.1) is 7.11 Å². The van der Waals surface area contributed by atoms with Crippen molar-refractivity contribution in [2.24, 2.45) is 0 Å². The summed E-state index contributed by atoms with van der Waals surface area (Å²) in [7, 11) is 1.56. The van der Waals surface area contributed by atoms with Crippen LogP contribution in [0.25, 0.3) is 0 Å². The third-order valence-electron chi connectivity index (χ3n) is 2.97. The molecule has 0 radical (unpaired) electrons. The molecule has 0 saturated heterocycles. The quantitative estimate of drug-likeness (QED) is 0.858. The molecule has 2 aromatic rings. The van der Waals surface area contributed by atoms with Crippen molar-refractivity contribution >= 4 is 27.7 Å². The van der Waals surface area contributed by atoms with E-state index in [9.17, 15) is 4.79 Å². The minimum atomic E-state index is -0.748. The monoisotopic (exact) mass is 334 g/mol. The van der Waals surface area contributed by atoms with Crippen LogP contribution in [-0.2, 0) is 4.79 Å². The zero-order valence-electron chi connectivity index (χ0n) is 10.6. The van der Waals surface area contributed by atoms with E-state index in [0.717, 1.165) is 0 Å². The van der Waals surface area contributed by atoms with Crippen LogP contribution >= 0.6 is 15.9 Å². The molecule has 1 aromatic carbocycles. The van der Waals surface area contributed by atoms with Crippen molar-refractivity contribution in [1.82, 2.24) is 4.98 Å². The van der Waals surface area contributed by atoms with Gasteiger partial charge in [-0.2, -0.15) is 0 Å². The molecule has 2 heterocycles. The van der Waals surface area contributed by atoms with E-state index in [1.807, 2.05) is 12.1 Å². The summed E-state index contributed by atoms with van der Waals surface area (Å²) in [6.45, 7) is 0. The number of anilines is 1. The highest BCUT2D eigenvalue weighted by molar-refractivity contribution is 9.10. The van der Waals surface area contributed by atoms with Crippen LogP contribution in [0.3, 0.4) is 0 Å². The molecule has 6 heteroatoms. The van der Waals surface area contributed by atoms with Gasteiger partial charge >= 0.3 is 0 Å². The van der Waals surface area contributed by atoms with Crippen LogP contribution in [-0.4, -0.2) is 18.0 Å². The van der Waals surface area contributed by atoms with Crippen LogP contribution in [0, 0.1) is 0 Å². The molecule has 1 amide bonds. The number of halogens is 1. The van der Waals surface area contributed by atoms with E-state index in [-0.39, 0.29) is 5.91 Å². The Labute approximate surface area is 124 Å². The Morgan fingerprint density at radius 1 is 1.30 bits per heavy atom. The third-order valence-corrected chi connectivity index (χ3v) is 3.41. The predicted molar refractivity (Wildman–Crippen MR) is 76.9 cm³/mol. The van der Waals surface area contributed by atoms with Crippen molar-refractivity contribution in [3.8, 4) is 11.5 Å². The number of ether oxygens (including phenoxy) is 2. The van der Waals surface area contributed by atoms with Crippen molar-refractivity contribution in [2.75, 3.05) is 12.4 Å². The van der Waals surface area contributed by atoms with Gasteiger partial charge < -0.3 is 14.8 Å². The minimum absolute atomic E-state index is 0.271. The molecule has 0 aliphatic carbocycles. The van der Waals surface area contributed by atoms with Gasteiger partial charge in [-0.1, -0.05) is 18.2 Å². The third kappa shape index (κ3) is 2.22. The number of nitrogens with zero attached hydrogens (tertiary/aromatic N) is 1. The normalized spacial score (nSPS) is 16.9. The highest BCUT2D eigenvalue weighted by Gasteiger charge is 2.32. The van der Waals surface area contributed by atoms with Gasteiger partial charge in [0.25, 0.3) is 5.91 Å². The average molecular weight is 335 g/mol. The van der Waals surface area contributed by atoms with Gasteiger partial charge in [0.1, 0.15) is 10.4 Å². The Kier molecular flexibility index (Phi) is 3.31. The van der Waals surface area contributed by atoms with E-state index in [2.05, 4.69) is 26.2 Å². The highest BCUT2D eigenvalue weighted by Crippen LogP contribution is 2.37. The lowest BCUT2D eigenvalue weighted by Crippen LogP contribution is -2.31. The summed E-state index contributed by atoms with van der Waals surface area (Å²) in [5, 5.41) is 2.74. The lowest BCUT2D eigenvalue weighted by Gasteiger charge is -2.26. The maximum Gasteiger partial charge on any atom is 0.271 e. The van der Waals surface area contributed by atoms with Crippen LogP contribution in [0.5, 0.6) is 11.5 Å². The lowest BCUT2D eigenvalue weighted by molar-refractivity contribution is -0.123. The number of benzene rings is 1. The van der Waals surface area contributed by atoms with Crippen molar-refractivity contribution in [3.63, 3.8) is 0 Å². The summed E-state index contributed by atoms with van der Waals surface area (Å²) in [5.74, 6) is 1.29. The van der Waals surface area contributed by atoms with Gasteiger partial charge in [-0.05, 0) is 34.1 Å². The topological polar surface area (TPSA) is 60.5 Å². The fraction of sp³-hybridized carbons (Fsp3) is 0.143. The molecule has 20 heavy (non-hydrogen) atoms. The molecule has 1 aromatic heterocycles. The fourth-order valence-electron chi connectivity index (χ4n) is 2.06. The summed E-state index contributed by atoms with van der Waals surface area (Å²) in [5.41, 5.74) is 0.682. The molecule has 1 N–H and O–H groups in total. The Balaban J connectivity index is 2.00. The van der Waals surface area contributed by atoms with E-state index in [4.69, 9.17) is 9.47 Å². The van der Waals surface area contributed by atoms with Crippen LogP contribution < -0.4 is 14.8 Å². The first-order valence-corrected chi connectivity index (χ1v) is 6.75. The SMILES string of the molecule is COc1ccccc1C1Oc2ccc(Br)nc2NC1=O. The maximum absolute atomic E-state index is 12.2. The van der Waals surface area contributed by atoms with Gasteiger partial charge in [-0.25, -0.2) is 4.98 Å². The Bertz CT molecular complexity index is 675. The number of hydrogen-bond acceptors (Lipinski definition) is 4. The zero-order chi connectivity index (χ0) is 14.1. The average Bonchev–Trinajstić information content (AvgIpc) is 2.46. The summed E-state index contributed by atoms with van der Waals surface area (Å²) in [4.78, 5) is 16.4. The number of para-hydroxylation sites is 1. The maximum atomic E-state index is 12.2. The number of carbonyl (C=O) groups is 1. The van der Waals surface area contributed by atoms with Gasteiger partial charge in [0, 0.05) is 5.56 Å². The second-order valence-corrected chi connectivity index (χ2v) is 5.02. The van der Waals surface area contributed by atoms with E-state index in [0.29, 0.717) is 27.5 Å². The standard InChI is InChI=1S/C14H11BrN2O3/c1-19-9-5-3-2-4-8(9)12-14(18)17-13-10(20-12)6-7-11(15)16-13/h2-7,12H,1H3,(H,16,17,18). The first kappa shape index (κ1) is 12.9. The number of nitrogens with one attached hydrogen (secondary N) is 1. The van der Waals surface area contributed by atoms with E-state index < -0.39 is 6.10 Å². The second-order valence-electron chi connectivity index (χ2n) is 4.21. The van der Waals surface area contributed by atoms with E-state index in [1.54, 1.807) is 31.4 Å². The first-order chi connectivity index (χ1) is 9.69. The summed E-state index contributed by atoms with van der Waals surface area (Å²) < 4.78 is 11.7. The van der Waals surface area contributed by atoms with Crippen molar-refractivity contribution < 1.29 is 14.3 Å². The second kappa shape index (κ2) is 5.13. The van der Waals surface area contributed by atoms with Gasteiger partial charge in [0.15, 0.2) is 11.6 Å². The summed E-state index contributed by atoms with van der Waals surface area (Å²) in [6.07, 6.45) is -0.748. The van der Waals surface area contributed by atoms with Crippen LogP contribution in [0.2, 0.25) is 0 Å². The molecule has 0 saturated carbocycles. The van der Waals surface area contributed by atoms with E-state index in [1.165, 1.54) is 0 Å². The lowest BCUT2D eigenvalue weighted by atomic mass is 10.1. The number of carbonyl (C=O) groups excluding carboxylic acids is 1. The Morgan fingerprint density at radius 2 is 2.10 bits per heavy atom. The molecular weight excluding hydrogens is 324 g/mol. The first-order valence-electron chi connectivity index (χ1n) is 5.96. The molecule has 0 fully saturated rings. The molecular formula is C14H11BrN2O3. The van der Waals surface area contributed by atoms with Crippen LogP contribution in [0.15, 0.2) is 41.0 Å². The number of methoxy groups -OCH3 is 1. The smallest absolute Gasteiger partial charge is 0.271 e. The van der Waals surface area contributed by atoms with Crippen molar-refractivity contribution in [2.45, 2.75) is 6.10 Å². The molecule has 1 unspecified atom stereocenters. The Morgan fingerprint density at radius 3 is 2.90 bits per heavy atom. The number of rotatable bonds is 2. The van der Waals surface area contributed by atoms with Crippen molar-refractivity contribution in [3.05, 3.63) is 46.6 Å². The highest BCUT2D eigenvalue weighted by atomic mass is 79.9. The predicted octanol–water partition coefficient (Wildman–Crippen LogP) is 2.92. The van der Waals surface area contributed by atoms with Gasteiger partial charge in [-0.15, -0.1) is 0 Å². The zero-order valence-corrected chi connectivity index (χ0v) is 12.2. The molecule has 5 nitrogen and oxygen atoms in total. The Hall–Kier alpha value is -2.08. The number of hydrogen-bond donors (Lipinski definition) is 1. The molecule has 3 rings (SSSR count). The van der Waals surface area contributed by atoms with E-state index >= 15 is 0 Å². The van der Waals surface area contributed by atoms with Crippen molar-refractivity contribution in [1.29, 1.82) is 0 Å². The number of pyridine rings is 1. The van der Waals surface area contributed by atoms with Crippen LogP contribution in [0.1, 0.15) is 11.7 Å². The molecule has 102 valence electrons. The van der Waals surface area contributed by atoms with Gasteiger partial charge in [-0.3, -0.25) is 4.79 Å². The largest absolute Gasteiger partial charge is 0.496 e. The molecule has 0 spiro atoms. The molecule has 1 atom stereocenters. The number of aromatic nitrogens is 1. The number of amides is 1. The fourth-order valence-corrected chi connectivity index (χ4v) is 2.37. The molecule has 0 bridgehead atoms. The van der Waals surface area contributed by atoms with Crippen LogP contribution in [0.4, 0.5) is 5.82 Å². The molecule has 1 aliphatic heterocycles. The summed E-state index contributed by atoms with van der Waals surface area (Å²) >= 11 is 3.26. The number of fused-ring (bicyclic) bond motifs is 1. The van der Waals surface area contributed by atoms with Gasteiger partial charge in [0.2, 0.25) is 6.10 Å².